The van der Waals surface area contributed by atoms with E-state index in [0.29, 0.717) is 13.1 Å². The van der Waals surface area contributed by atoms with Gasteiger partial charge in [-0.05, 0) is 55.4 Å². The van der Waals surface area contributed by atoms with Gasteiger partial charge in [0.15, 0.2) is 0 Å². The van der Waals surface area contributed by atoms with Crippen LogP contribution in [0.15, 0.2) is 65.7 Å². The summed E-state index contributed by atoms with van der Waals surface area (Å²) in [7, 11) is 2.01. The highest BCUT2D eigenvalue weighted by molar-refractivity contribution is 5.69. The van der Waals surface area contributed by atoms with Gasteiger partial charge in [-0.15, -0.1) is 0 Å². The third-order valence-corrected chi connectivity index (χ3v) is 4.70. The van der Waals surface area contributed by atoms with Crippen LogP contribution in [0.2, 0.25) is 0 Å². The molecule has 0 fully saturated rings. The van der Waals surface area contributed by atoms with Gasteiger partial charge in [0.05, 0.1) is 5.69 Å². The molecular weight excluding hydrogens is 369 g/mol. The van der Waals surface area contributed by atoms with E-state index in [2.05, 4.69) is 26.3 Å². The van der Waals surface area contributed by atoms with Crippen LogP contribution in [-0.2, 0) is 13.1 Å². The molecule has 3 heterocycles. The molecular formula is C22H20FN5O. The molecule has 0 amide bonds. The highest BCUT2D eigenvalue weighted by atomic mass is 19.1. The second-order valence-corrected chi connectivity index (χ2v) is 6.94. The minimum atomic E-state index is -0.258. The van der Waals surface area contributed by atoms with Crippen LogP contribution in [0.25, 0.3) is 22.4 Å². The molecule has 0 bridgehead atoms. The second-order valence-electron chi connectivity index (χ2n) is 6.94. The molecule has 6 nitrogen and oxygen atoms in total. The molecule has 7 heteroatoms. The second kappa shape index (κ2) is 8.28. The fraction of sp³-hybridized carbons (Fsp3) is 0.182. The van der Waals surface area contributed by atoms with Crippen LogP contribution in [0.5, 0.6) is 0 Å². The van der Waals surface area contributed by atoms with E-state index in [1.807, 2.05) is 32.3 Å². The van der Waals surface area contributed by atoms with Crippen molar-refractivity contribution < 1.29 is 9.02 Å². The van der Waals surface area contributed by atoms with Gasteiger partial charge in [-0.2, -0.15) is 0 Å². The van der Waals surface area contributed by atoms with Gasteiger partial charge in [0.1, 0.15) is 17.2 Å². The normalized spacial score (nSPS) is 11.2. The van der Waals surface area contributed by atoms with Crippen LogP contribution < -0.4 is 0 Å². The van der Waals surface area contributed by atoms with Crippen molar-refractivity contribution >= 4 is 0 Å². The Morgan fingerprint density at radius 3 is 2.38 bits per heavy atom. The van der Waals surface area contributed by atoms with Crippen LogP contribution in [0.4, 0.5) is 4.39 Å². The molecule has 3 aromatic heterocycles. The fourth-order valence-electron chi connectivity index (χ4n) is 3.20. The molecule has 29 heavy (non-hydrogen) atoms. The van der Waals surface area contributed by atoms with E-state index in [9.17, 15) is 4.39 Å². The van der Waals surface area contributed by atoms with Crippen molar-refractivity contribution in [3.8, 4) is 22.4 Å². The van der Waals surface area contributed by atoms with Gasteiger partial charge < -0.3 is 0 Å². The van der Waals surface area contributed by atoms with Crippen molar-refractivity contribution in [1.82, 2.24) is 25.2 Å². The van der Waals surface area contributed by atoms with Crippen molar-refractivity contribution in [3.63, 3.8) is 0 Å². The quantitative estimate of drug-likeness (QED) is 0.490. The first-order valence-corrected chi connectivity index (χ1v) is 9.22. The van der Waals surface area contributed by atoms with E-state index < -0.39 is 0 Å². The third kappa shape index (κ3) is 4.35. The van der Waals surface area contributed by atoms with Gasteiger partial charge >= 0.3 is 0 Å². The number of hydrogen-bond donors (Lipinski definition) is 0. The lowest BCUT2D eigenvalue weighted by atomic mass is 10.0. The molecule has 0 aliphatic carbocycles. The predicted molar refractivity (Wildman–Crippen MR) is 107 cm³/mol. The maximum atomic E-state index is 13.3. The molecule has 0 spiro atoms. The number of halogens is 1. The Bertz CT molecular complexity index is 1100. The van der Waals surface area contributed by atoms with E-state index in [4.69, 9.17) is 9.61 Å². The Labute approximate surface area is 168 Å². The Hall–Kier alpha value is -3.45. The number of nitrogens with zero attached hydrogens (tertiary/aromatic N) is 5. The Morgan fingerprint density at radius 2 is 1.69 bits per heavy atom. The van der Waals surface area contributed by atoms with Crippen molar-refractivity contribution in [2.45, 2.75) is 20.0 Å². The monoisotopic (exact) mass is 389 g/mol. The molecule has 146 valence electrons. The van der Waals surface area contributed by atoms with Gasteiger partial charge in [0.25, 0.3) is 0 Å². The van der Waals surface area contributed by atoms with E-state index >= 15 is 0 Å². The molecule has 0 atom stereocenters. The maximum absolute atomic E-state index is 13.3. The molecule has 0 saturated heterocycles. The Balaban J connectivity index is 1.68. The molecule has 0 saturated carbocycles. The van der Waals surface area contributed by atoms with Crippen LogP contribution in [0.3, 0.4) is 0 Å². The zero-order chi connectivity index (χ0) is 20.2. The van der Waals surface area contributed by atoms with Gasteiger partial charge in [-0.25, -0.2) is 9.02 Å². The summed E-state index contributed by atoms with van der Waals surface area (Å²) in [5, 5.41) is 7.80. The number of benzene rings is 1. The van der Waals surface area contributed by atoms with E-state index in [-0.39, 0.29) is 5.82 Å². The summed E-state index contributed by atoms with van der Waals surface area (Å²) in [5.74, 6) is -0.258. The lowest BCUT2D eigenvalue weighted by Gasteiger charge is -2.18. The highest BCUT2D eigenvalue weighted by Gasteiger charge is 2.14. The van der Waals surface area contributed by atoms with Crippen LogP contribution in [0.1, 0.15) is 17.0 Å². The summed E-state index contributed by atoms with van der Waals surface area (Å²) in [4.78, 5) is 10.9. The summed E-state index contributed by atoms with van der Waals surface area (Å²) in [6.07, 6.45) is 5.32. The maximum Gasteiger partial charge on any atom is 0.123 e. The molecule has 0 unspecified atom stereocenters. The zero-order valence-corrected chi connectivity index (χ0v) is 16.2. The van der Waals surface area contributed by atoms with Crippen molar-refractivity contribution in [2.75, 3.05) is 7.05 Å². The topological polar surface area (TPSA) is 67.9 Å². The first-order chi connectivity index (χ1) is 14.1. The Morgan fingerprint density at radius 1 is 0.931 bits per heavy atom. The number of pyridine rings is 2. The zero-order valence-electron chi connectivity index (χ0n) is 16.2. The van der Waals surface area contributed by atoms with E-state index in [1.165, 1.54) is 12.1 Å². The number of hydrogen-bond acceptors (Lipinski definition) is 6. The largest absolute Gasteiger partial charge is 0.296 e. The molecule has 4 rings (SSSR count). The van der Waals surface area contributed by atoms with E-state index in [1.54, 1.807) is 24.5 Å². The third-order valence-electron chi connectivity index (χ3n) is 4.70. The van der Waals surface area contributed by atoms with Crippen LogP contribution in [0, 0.1) is 12.7 Å². The number of aryl methyl sites for hydroxylation is 1. The molecule has 0 aliphatic heterocycles. The van der Waals surface area contributed by atoms with Crippen molar-refractivity contribution in [2.24, 2.45) is 0 Å². The predicted octanol–water partition coefficient (Wildman–Crippen LogP) is 4.27. The summed E-state index contributed by atoms with van der Waals surface area (Å²) in [5.41, 5.74) is 6.37. The molecule has 0 radical (unpaired) electrons. The standard InChI is InChI=1S/C22H20FN5O/c1-15-21(27-29-26-15)14-28(2)13-19-11-18(16-3-5-20(23)6-4-16)12-25-22(19)17-7-9-24-10-8-17/h3-12H,13-14H2,1-2H3. The average molecular weight is 389 g/mol. The number of aromatic nitrogens is 4. The first-order valence-electron chi connectivity index (χ1n) is 9.22. The van der Waals surface area contributed by atoms with E-state index in [0.717, 1.165) is 39.3 Å². The minimum Gasteiger partial charge on any atom is -0.296 e. The van der Waals surface area contributed by atoms with Crippen LogP contribution >= 0.6 is 0 Å². The summed E-state index contributed by atoms with van der Waals surface area (Å²) in [6.45, 7) is 3.12. The summed E-state index contributed by atoms with van der Waals surface area (Å²) < 4.78 is 18.1. The minimum absolute atomic E-state index is 0.258. The van der Waals surface area contributed by atoms with Crippen molar-refractivity contribution in [3.05, 3.63) is 83.8 Å². The SMILES string of the molecule is Cc1nonc1CN(C)Cc1cc(-c2ccc(F)cc2)cnc1-c1ccncc1. The summed E-state index contributed by atoms with van der Waals surface area (Å²) in [6, 6.07) is 12.4. The smallest absolute Gasteiger partial charge is 0.123 e. The van der Waals surface area contributed by atoms with Gasteiger partial charge in [-0.1, -0.05) is 22.4 Å². The van der Waals surface area contributed by atoms with Crippen molar-refractivity contribution in [1.29, 1.82) is 0 Å². The molecule has 4 aromatic rings. The Kier molecular flexibility index (Phi) is 5.39. The van der Waals surface area contributed by atoms with Gasteiger partial charge in [0.2, 0.25) is 0 Å². The lowest BCUT2D eigenvalue weighted by molar-refractivity contribution is 0.279. The van der Waals surface area contributed by atoms with Gasteiger partial charge in [-0.3, -0.25) is 14.9 Å². The van der Waals surface area contributed by atoms with Crippen LogP contribution in [-0.4, -0.2) is 32.2 Å². The summed E-state index contributed by atoms with van der Waals surface area (Å²) >= 11 is 0. The first kappa shape index (κ1) is 18.9. The number of rotatable bonds is 6. The molecule has 0 N–H and O–H groups in total. The lowest BCUT2D eigenvalue weighted by Crippen LogP contribution is -2.19. The average Bonchev–Trinajstić information content (AvgIpc) is 3.13. The highest BCUT2D eigenvalue weighted by Crippen LogP contribution is 2.28. The molecule has 1 aromatic carbocycles. The van der Waals surface area contributed by atoms with Gasteiger partial charge in [0, 0.05) is 42.8 Å². The fourth-order valence-corrected chi connectivity index (χ4v) is 3.20. The molecule has 0 aliphatic rings.